The van der Waals surface area contributed by atoms with Gasteiger partial charge in [0.25, 0.3) is 5.91 Å². The van der Waals surface area contributed by atoms with E-state index < -0.39 is 17.1 Å². The third-order valence-corrected chi connectivity index (χ3v) is 7.22. The molecule has 0 aliphatic heterocycles. The van der Waals surface area contributed by atoms with Gasteiger partial charge >= 0.3 is 5.97 Å². The zero-order valence-electron chi connectivity index (χ0n) is 20.6. The Morgan fingerprint density at radius 1 is 1.00 bits per heavy atom. The van der Waals surface area contributed by atoms with Gasteiger partial charge in [-0.1, -0.05) is 18.2 Å². The van der Waals surface area contributed by atoms with Gasteiger partial charge in [0.2, 0.25) is 5.91 Å². The fourth-order valence-corrected chi connectivity index (χ4v) is 5.18. The molecule has 0 radical (unpaired) electrons. The van der Waals surface area contributed by atoms with Crippen LogP contribution in [0.5, 0.6) is 5.75 Å². The number of amides is 2. The number of carbonyl (C=O) groups excluding carboxylic acids is 2. The van der Waals surface area contributed by atoms with E-state index in [4.69, 9.17) is 4.74 Å². The monoisotopic (exact) mass is 547 g/mol. The first-order valence-electron chi connectivity index (χ1n) is 11.7. The number of carboxylic acids is 1. The van der Waals surface area contributed by atoms with Crippen molar-refractivity contribution in [2.45, 2.75) is 24.0 Å². The van der Waals surface area contributed by atoms with E-state index in [0.717, 1.165) is 21.9 Å². The molecule has 0 aliphatic rings. The Balaban J connectivity index is 1.36. The summed E-state index contributed by atoms with van der Waals surface area (Å²) in [5.74, 6) is -1.11. The molecule has 1 heterocycles. The number of aromatic carboxylic acids is 1. The first-order chi connectivity index (χ1) is 18.3. The Hall–Kier alpha value is -4.15. The number of nitrogens with zero attached hydrogens (tertiary/aromatic N) is 1. The summed E-state index contributed by atoms with van der Waals surface area (Å²) in [6.07, 6.45) is 0. The van der Waals surface area contributed by atoms with Crippen LogP contribution in [-0.2, 0) is 4.79 Å². The number of aromatic nitrogens is 1. The van der Waals surface area contributed by atoms with Crippen LogP contribution in [0.2, 0.25) is 0 Å². The Labute approximate surface area is 228 Å². The van der Waals surface area contributed by atoms with Gasteiger partial charge in [-0.15, -0.1) is 23.1 Å². The number of carboxylic acid groups (broad SMARTS) is 1. The maximum Gasteiger partial charge on any atom is 0.336 e. The smallest absolute Gasteiger partial charge is 0.336 e. The van der Waals surface area contributed by atoms with Crippen LogP contribution >= 0.6 is 23.1 Å². The van der Waals surface area contributed by atoms with Crippen molar-refractivity contribution in [1.29, 1.82) is 0 Å². The number of hydrogen-bond acceptors (Lipinski definition) is 7. The van der Waals surface area contributed by atoms with Gasteiger partial charge in [0.1, 0.15) is 5.75 Å². The Bertz CT molecular complexity index is 1450. The normalized spacial score (nSPS) is 11.4. The second-order valence-corrected chi connectivity index (χ2v) is 10.3. The molecule has 1 unspecified atom stereocenters. The number of ether oxygens (including phenoxy) is 1. The van der Waals surface area contributed by atoms with E-state index in [9.17, 15) is 19.5 Å². The quantitative estimate of drug-likeness (QED) is 0.200. The number of benzene rings is 3. The fraction of sp³-hybridized carbons (Fsp3) is 0.143. The Morgan fingerprint density at radius 2 is 1.74 bits per heavy atom. The molecular weight excluding hydrogens is 522 g/mol. The largest absolute Gasteiger partial charge is 0.494 e. The van der Waals surface area contributed by atoms with Crippen LogP contribution in [0, 0.1) is 0 Å². The summed E-state index contributed by atoms with van der Waals surface area (Å²) in [7, 11) is 0. The van der Waals surface area contributed by atoms with Gasteiger partial charge in [0, 0.05) is 21.5 Å². The fourth-order valence-electron chi connectivity index (χ4n) is 3.53. The van der Waals surface area contributed by atoms with Crippen LogP contribution in [-0.4, -0.2) is 39.7 Å². The first-order valence-corrected chi connectivity index (χ1v) is 13.5. The Morgan fingerprint density at radius 3 is 2.45 bits per heavy atom. The van der Waals surface area contributed by atoms with E-state index in [1.54, 1.807) is 37.3 Å². The van der Waals surface area contributed by atoms with Crippen molar-refractivity contribution in [2.24, 2.45) is 0 Å². The lowest BCUT2D eigenvalue weighted by molar-refractivity contribution is -0.115. The predicted molar refractivity (Wildman–Crippen MR) is 150 cm³/mol. The first kappa shape index (κ1) is 26.9. The average molecular weight is 548 g/mol. The van der Waals surface area contributed by atoms with Gasteiger partial charge in [-0.3, -0.25) is 9.59 Å². The Kier molecular flexibility index (Phi) is 8.77. The summed E-state index contributed by atoms with van der Waals surface area (Å²) in [5.41, 5.74) is 2.18. The second-order valence-electron chi connectivity index (χ2n) is 8.08. The molecule has 1 aromatic heterocycles. The van der Waals surface area contributed by atoms with E-state index in [1.165, 1.54) is 35.2 Å². The van der Waals surface area contributed by atoms with Crippen molar-refractivity contribution in [1.82, 2.24) is 4.98 Å². The third-order valence-electron chi connectivity index (χ3n) is 5.37. The van der Waals surface area contributed by atoms with Crippen molar-refractivity contribution in [3.8, 4) is 17.0 Å². The number of thiazole rings is 1. The molecule has 2 amide bonds. The summed E-state index contributed by atoms with van der Waals surface area (Å²) >= 11 is 2.68. The minimum Gasteiger partial charge on any atom is -0.494 e. The number of thioether (sulfide) groups is 1. The van der Waals surface area contributed by atoms with Crippen LogP contribution in [0.4, 0.5) is 10.8 Å². The molecular formula is C28H25N3O5S2. The van der Waals surface area contributed by atoms with Crippen LogP contribution in [0.3, 0.4) is 0 Å². The molecule has 4 rings (SSSR count). The van der Waals surface area contributed by atoms with Crippen LogP contribution in [0.1, 0.15) is 34.6 Å². The van der Waals surface area contributed by atoms with Gasteiger partial charge in [-0.25, -0.2) is 9.78 Å². The molecule has 0 aliphatic carbocycles. The highest BCUT2D eigenvalue weighted by molar-refractivity contribution is 8.00. The molecule has 0 spiro atoms. The van der Waals surface area contributed by atoms with Crippen molar-refractivity contribution in [3.63, 3.8) is 0 Å². The highest BCUT2D eigenvalue weighted by atomic mass is 32.2. The number of anilines is 2. The molecule has 38 heavy (non-hydrogen) atoms. The van der Waals surface area contributed by atoms with Crippen molar-refractivity contribution < 1.29 is 24.2 Å². The van der Waals surface area contributed by atoms with Crippen LogP contribution < -0.4 is 15.4 Å². The molecule has 0 saturated heterocycles. The van der Waals surface area contributed by atoms with Gasteiger partial charge in [0.15, 0.2) is 5.13 Å². The van der Waals surface area contributed by atoms with Gasteiger partial charge in [-0.05, 0) is 68.4 Å². The van der Waals surface area contributed by atoms with Crippen molar-refractivity contribution in [3.05, 3.63) is 89.3 Å². The number of nitrogens with one attached hydrogen (secondary N) is 2. The molecule has 194 valence electrons. The molecule has 3 aromatic carbocycles. The molecule has 0 saturated carbocycles. The summed E-state index contributed by atoms with van der Waals surface area (Å²) in [4.78, 5) is 42.2. The van der Waals surface area contributed by atoms with Gasteiger partial charge < -0.3 is 20.5 Å². The lowest BCUT2D eigenvalue weighted by Crippen LogP contribution is -2.22. The predicted octanol–water partition coefficient (Wildman–Crippen LogP) is 6.28. The highest BCUT2D eigenvalue weighted by Crippen LogP contribution is 2.29. The van der Waals surface area contributed by atoms with E-state index >= 15 is 0 Å². The van der Waals surface area contributed by atoms with E-state index in [2.05, 4.69) is 15.6 Å². The van der Waals surface area contributed by atoms with E-state index in [0.29, 0.717) is 17.4 Å². The lowest BCUT2D eigenvalue weighted by atomic mass is 10.1. The van der Waals surface area contributed by atoms with Gasteiger partial charge in [0.05, 0.1) is 28.7 Å². The number of carbonyl (C=O) groups is 3. The molecule has 3 N–H and O–H groups in total. The zero-order chi connectivity index (χ0) is 27.1. The van der Waals surface area contributed by atoms with Crippen molar-refractivity contribution in [2.75, 3.05) is 17.2 Å². The van der Waals surface area contributed by atoms with E-state index in [1.807, 2.05) is 42.6 Å². The molecule has 10 heteroatoms. The SMILES string of the molecule is CCOc1ccc(-c2csc(NC(=O)C(C)Sc3cccc(NC(=O)c4ccccc4C(=O)O)c3)n2)cc1. The second kappa shape index (κ2) is 12.4. The number of hydrogen-bond donors (Lipinski definition) is 3. The zero-order valence-corrected chi connectivity index (χ0v) is 22.3. The maximum absolute atomic E-state index is 12.8. The minimum atomic E-state index is -1.17. The molecule has 0 fully saturated rings. The summed E-state index contributed by atoms with van der Waals surface area (Å²) < 4.78 is 5.47. The lowest BCUT2D eigenvalue weighted by Gasteiger charge is -2.12. The summed E-state index contributed by atoms with van der Waals surface area (Å²) in [5, 5.41) is 16.9. The third kappa shape index (κ3) is 6.78. The van der Waals surface area contributed by atoms with E-state index in [-0.39, 0.29) is 17.0 Å². The maximum atomic E-state index is 12.8. The molecule has 0 bridgehead atoms. The van der Waals surface area contributed by atoms with Crippen molar-refractivity contribution >= 4 is 51.7 Å². The summed E-state index contributed by atoms with van der Waals surface area (Å²) in [6, 6.07) is 20.7. The van der Waals surface area contributed by atoms with Crippen LogP contribution in [0.25, 0.3) is 11.3 Å². The topological polar surface area (TPSA) is 118 Å². The van der Waals surface area contributed by atoms with Gasteiger partial charge in [-0.2, -0.15) is 0 Å². The standard InChI is InChI=1S/C28H25N3O5S2/c1-3-36-20-13-11-18(12-14-20)24-16-37-28(30-24)31-25(32)17(2)38-21-8-6-7-19(15-21)29-26(33)22-9-4-5-10-23(22)27(34)35/h4-17H,3H2,1-2H3,(H,29,33)(H,34,35)(H,30,31,32). The number of rotatable bonds is 10. The minimum absolute atomic E-state index is 0.0684. The molecule has 8 nitrogen and oxygen atoms in total. The highest BCUT2D eigenvalue weighted by Gasteiger charge is 2.18. The van der Waals surface area contributed by atoms with Crippen LogP contribution in [0.15, 0.2) is 83.1 Å². The molecule has 4 aromatic rings. The summed E-state index contributed by atoms with van der Waals surface area (Å²) in [6.45, 7) is 4.32. The molecule has 1 atom stereocenters. The average Bonchev–Trinajstić information content (AvgIpc) is 3.38.